The lowest BCUT2D eigenvalue weighted by atomic mass is 9.71. The number of hydrogen-bond acceptors (Lipinski definition) is 10. The fourth-order valence-electron chi connectivity index (χ4n) is 8.82. The standard InChI is InChI=1S/C39H58N10O8/c1-23(2)29(44-37(54)56-5)35(52)48-15-7-9-27(48)31-40-21-25(42-31)33(50)46-17-11-39(12-18-46)13-19-47(20-14-39)34(51)26-22-41-32(43-26)28-10-8-16-49(28)36(53)30(24(3)4)45-38(55)57-6/h21-24,27-30H,7-20H2,1-6H3,(H,40,42)(H,41,43)(H,44,54)(H,45,55)/t27-,28-,29-,30-/m0/s1. The van der Waals surface area contributed by atoms with Crippen LogP contribution in [0.4, 0.5) is 9.59 Å². The molecule has 4 saturated heterocycles. The van der Waals surface area contributed by atoms with E-state index in [9.17, 15) is 28.8 Å². The van der Waals surface area contributed by atoms with Gasteiger partial charge in [0.1, 0.15) is 35.1 Å². The second kappa shape index (κ2) is 17.5. The van der Waals surface area contributed by atoms with Crippen molar-refractivity contribution in [3.8, 4) is 0 Å². The van der Waals surface area contributed by atoms with Crippen molar-refractivity contribution in [1.29, 1.82) is 0 Å². The first kappa shape index (κ1) is 41.5. The van der Waals surface area contributed by atoms with Crippen molar-refractivity contribution in [2.24, 2.45) is 17.3 Å². The van der Waals surface area contributed by atoms with E-state index in [2.05, 4.69) is 30.6 Å². The predicted molar refractivity (Wildman–Crippen MR) is 206 cm³/mol. The van der Waals surface area contributed by atoms with E-state index in [4.69, 9.17) is 9.47 Å². The summed E-state index contributed by atoms with van der Waals surface area (Å²) in [5, 5.41) is 5.31. The number of alkyl carbamates (subject to hydrolysis) is 2. The Morgan fingerprint density at radius 2 is 1.02 bits per heavy atom. The fourth-order valence-corrected chi connectivity index (χ4v) is 8.82. The number of rotatable bonds is 10. The highest BCUT2D eigenvalue weighted by Crippen LogP contribution is 2.42. The minimum absolute atomic E-state index is 0.0393. The summed E-state index contributed by atoms with van der Waals surface area (Å²) < 4.78 is 9.47. The zero-order valence-corrected chi connectivity index (χ0v) is 34.0. The van der Waals surface area contributed by atoms with E-state index in [1.165, 1.54) is 14.2 Å². The maximum absolute atomic E-state index is 13.6. The van der Waals surface area contributed by atoms with Gasteiger partial charge in [0.2, 0.25) is 11.8 Å². The summed E-state index contributed by atoms with van der Waals surface area (Å²) >= 11 is 0. The second-order valence-corrected chi connectivity index (χ2v) is 16.5. The van der Waals surface area contributed by atoms with Gasteiger partial charge in [-0.3, -0.25) is 19.2 Å². The summed E-state index contributed by atoms with van der Waals surface area (Å²) in [7, 11) is 2.53. The third-order valence-electron chi connectivity index (χ3n) is 12.4. The SMILES string of the molecule is COC(=O)N[C@H](C(=O)N1CCC[C@H]1c1ncc(C(=O)N2CCC3(CC2)CCN(C(=O)c2cnc([C@@H]4CCCN4C(=O)[C@@H](NC(=O)OC)C(C)C)[nH]2)CC3)[nH]1)C(C)C. The normalized spacial score (nSPS) is 21.8. The minimum Gasteiger partial charge on any atom is -0.453 e. The number of methoxy groups -OCH3 is 2. The van der Waals surface area contributed by atoms with Crippen LogP contribution in [0.15, 0.2) is 12.4 Å². The Hall–Kier alpha value is -5.16. The number of piperidine rings is 2. The van der Waals surface area contributed by atoms with Gasteiger partial charge < -0.3 is 49.7 Å². The van der Waals surface area contributed by atoms with E-state index in [0.717, 1.165) is 38.5 Å². The van der Waals surface area contributed by atoms with Crippen LogP contribution in [-0.2, 0) is 19.1 Å². The number of amides is 6. The molecule has 18 heteroatoms. The van der Waals surface area contributed by atoms with Crippen molar-refractivity contribution in [2.75, 3.05) is 53.5 Å². The molecule has 4 atom stereocenters. The zero-order chi connectivity index (χ0) is 41.0. The van der Waals surface area contributed by atoms with Crippen LogP contribution >= 0.6 is 0 Å². The number of ether oxygens (including phenoxy) is 2. The lowest BCUT2D eigenvalue weighted by Gasteiger charge is -2.46. The zero-order valence-electron chi connectivity index (χ0n) is 34.0. The van der Waals surface area contributed by atoms with Gasteiger partial charge in [-0.15, -0.1) is 0 Å². The number of H-pyrrole nitrogens is 2. The van der Waals surface area contributed by atoms with Crippen molar-refractivity contribution < 1.29 is 38.2 Å². The Bertz CT molecular complexity index is 1660. The van der Waals surface area contributed by atoms with Gasteiger partial charge in [0.05, 0.1) is 38.7 Å². The van der Waals surface area contributed by atoms with Crippen molar-refractivity contribution in [1.82, 2.24) is 50.2 Å². The van der Waals surface area contributed by atoms with Crippen molar-refractivity contribution in [3.63, 3.8) is 0 Å². The van der Waals surface area contributed by atoms with Gasteiger partial charge in [-0.2, -0.15) is 0 Å². The molecule has 4 fully saturated rings. The van der Waals surface area contributed by atoms with Gasteiger partial charge in [-0.05, 0) is 68.6 Å². The van der Waals surface area contributed by atoms with Crippen LogP contribution in [0.1, 0.15) is 124 Å². The molecule has 4 aliphatic heterocycles. The Morgan fingerprint density at radius 3 is 1.35 bits per heavy atom. The van der Waals surface area contributed by atoms with E-state index >= 15 is 0 Å². The molecule has 0 aliphatic carbocycles. The fraction of sp³-hybridized carbons (Fsp3) is 0.692. The number of nitrogens with zero attached hydrogens (tertiary/aromatic N) is 6. The topological polar surface area (TPSA) is 215 Å². The second-order valence-electron chi connectivity index (χ2n) is 16.5. The minimum atomic E-state index is -0.743. The largest absolute Gasteiger partial charge is 0.453 e. The third kappa shape index (κ3) is 8.88. The molecular formula is C39H58N10O8. The number of nitrogens with one attached hydrogen (secondary N) is 4. The number of aromatic nitrogens is 4. The van der Waals surface area contributed by atoms with E-state index in [-0.39, 0.29) is 53.0 Å². The van der Waals surface area contributed by atoms with Crippen LogP contribution in [0.2, 0.25) is 0 Å². The molecule has 6 amide bonds. The van der Waals surface area contributed by atoms with Crippen LogP contribution in [0.25, 0.3) is 0 Å². The Labute approximate surface area is 333 Å². The van der Waals surface area contributed by atoms with Crippen LogP contribution in [0.3, 0.4) is 0 Å². The highest BCUT2D eigenvalue weighted by Gasteiger charge is 2.42. The molecule has 4 N–H and O–H groups in total. The van der Waals surface area contributed by atoms with Gasteiger partial charge in [-0.1, -0.05) is 27.7 Å². The van der Waals surface area contributed by atoms with Crippen LogP contribution in [0.5, 0.6) is 0 Å². The molecular weight excluding hydrogens is 736 g/mol. The van der Waals surface area contributed by atoms with Gasteiger partial charge >= 0.3 is 12.2 Å². The number of imidazole rings is 2. The average Bonchev–Trinajstić information content (AvgIpc) is 4.05. The molecule has 2 aromatic heterocycles. The molecule has 18 nitrogen and oxygen atoms in total. The summed E-state index contributed by atoms with van der Waals surface area (Å²) in [4.78, 5) is 101. The molecule has 0 aromatic carbocycles. The van der Waals surface area contributed by atoms with Gasteiger partial charge in [0, 0.05) is 39.3 Å². The molecule has 0 unspecified atom stereocenters. The van der Waals surface area contributed by atoms with Crippen molar-refractivity contribution >= 4 is 35.8 Å². The molecule has 312 valence electrons. The number of carbonyl (C=O) groups is 6. The van der Waals surface area contributed by atoms with Crippen LogP contribution < -0.4 is 10.6 Å². The Morgan fingerprint density at radius 1 is 0.649 bits per heavy atom. The molecule has 2 aromatic rings. The monoisotopic (exact) mass is 794 g/mol. The summed E-state index contributed by atoms with van der Waals surface area (Å²) in [6.45, 7) is 10.9. The summed E-state index contributed by atoms with van der Waals surface area (Å²) in [5.41, 5.74) is 0.809. The highest BCUT2D eigenvalue weighted by molar-refractivity contribution is 5.93. The van der Waals surface area contributed by atoms with E-state index in [1.807, 2.05) is 37.5 Å². The van der Waals surface area contributed by atoms with Crippen molar-refractivity contribution in [3.05, 3.63) is 35.4 Å². The van der Waals surface area contributed by atoms with Gasteiger partial charge in [-0.25, -0.2) is 19.6 Å². The molecule has 57 heavy (non-hydrogen) atoms. The molecule has 0 bridgehead atoms. The summed E-state index contributed by atoms with van der Waals surface area (Å²) in [6, 6.07) is -2.14. The Balaban J connectivity index is 1.00. The highest BCUT2D eigenvalue weighted by atomic mass is 16.5. The summed E-state index contributed by atoms with van der Waals surface area (Å²) in [6.07, 6.45) is 8.05. The van der Waals surface area contributed by atoms with Crippen LogP contribution in [-0.4, -0.2) is 141 Å². The first-order chi connectivity index (χ1) is 27.3. The molecule has 4 aliphatic rings. The summed E-state index contributed by atoms with van der Waals surface area (Å²) in [5.74, 6) is 0.144. The first-order valence-corrected chi connectivity index (χ1v) is 20.2. The maximum atomic E-state index is 13.6. The number of likely N-dealkylation sites (tertiary alicyclic amines) is 4. The van der Waals surface area contributed by atoms with E-state index < -0.39 is 24.3 Å². The lowest BCUT2D eigenvalue weighted by molar-refractivity contribution is -0.136. The number of hydrogen-bond donors (Lipinski definition) is 4. The predicted octanol–water partition coefficient (Wildman–Crippen LogP) is 3.38. The number of carbonyl (C=O) groups excluding carboxylic acids is 6. The molecule has 6 heterocycles. The van der Waals surface area contributed by atoms with Crippen molar-refractivity contribution in [2.45, 2.75) is 103 Å². The van der Waals surface area contributed by atoms with Gasteiger partial charge in [0.15, 0.2) is 0 Å². The smallest absolute Gasteiger partial charge is 0.407 e. The van der Waals surface area contributed by atoms with Crippen LogP contribution in [0, 0.1) is 17.3 Å². The Kier molecular flexibility index (Phi) is 12.8. The maximum Gasteiger partial charge on any atom is 0.407 e. The quantitative estimate of drug-likeness (QED) is 0.275. The first-order valence-electron chi connectivity index (χ1n) is 20.2. The molecule has 1 spiro atoms. The third-order valence-corrected chi connectivity index (χ3v) is 12.4. The molecule has 0 radical (unpaired) electrons. The average molecular weight is 795 g/mol. The molecule has 6 rings (SSSR count). The number of aromatic amines is 2. The molecule has 0 saturated carbocycles. The van der Waals surface area contributed by atoms with Gasteiger partial charge in [0.25, 0.3) is 11.8 Å². The lowest BCUT2D eigenvalue weighted by Crippen LogP contribution is -2.51. The van der Waals surface area contributed by atoms with E-state index in [0.29, 0.717) is 75.1 Å². The van der Waals surface area contributed by atoms with E-state index in [1.54, 1.807) is 22.2 Å².